The molecule has 1 aromatic heterocycles. The molecule has 0 saturated heterocycles. The number of halogens is 1. The first-order chi connectivity index (χ1) is 11.2. The topological polar surface area (TPSA) is 26.3 Å². The van der Waals surface area contributed by atoms with Gasteiger partial charge >= 0.3 is 5.97 Å². The van der Waals surface area contributed by atoms with E-state index in [9.17, 15) is 4.79 Å². The van der Waals surface area contributed by atoms with Crippen molar-refractivity contribution in [2.45, 2.75) is 0 Å². The highest BCUT2D eigenvalue weighted by Crippen LogP contribution is 2.28. The van der Waals surface area contributed by atoms with Gasteiger partial charge in [-0.2, -0.15) is 0 Å². The van der Waals surface area contributed by atoms with E-state index < -0.39 is 5.97 Å². The number of hydrogen-bond donors (Lipinski definition) is 0. The fraction of sp³-hybridized carbons (Fsp3) is 0. The van der Waals surface area contributed by atoms with Gasteiger partial charge in [0.1, 0.15) is 5.75 Å². The van der Waals surface area contributed by atoms with Crippen LogP contribution in [0.3, 0.4) is 0 Å². The molecule has 4 heteroatoms. The summed E-state index contributed by atoms with van der Waals surface area (Å²) in [5, 5.41) is 0.532. The van der Waals surface area contributed by atoms with Crippen LogP contribution in [0.2, 0.25) is 5.02 Å². The Labute approximate surface area is 143 Å². The van der Waals surface area contributed by atoms with Crippen molar-refractivity contribution < 1.29 is 9.53 Å². The van der Waals surface area contributed by atoms with Crippen LogP contribution in [-0.2, 0) is 4.79 Å². The second-order valence-electron chi connectivity index (χ2n) is 4.78. The molecule has 114 valence electrons. The lowest BCUT2D eigenvalue weighted by Crippen LogP contribution is -2.03. The maximum absolute atomic E-state index is 11.8. The Morgan fingerprint density at radius 2 is 1.83 bits per heavy atom. The predicted molar refractivity (Wildman–Crippen MR) is 95.9 cm³/mol. The van der Waals surface area contributed by atoms with Gasteiger partial charge in [0.15, 0.2) is 0 Å². The second kappa shape index (κ2) is 7.27. The molecule has 0 atom stereocenters. The zero-order valence-electron chi connectivity index (χ0n) is 12.1. The van der Waals surface area contributed by atoms with Gasteiger partial charge in [0.25, 0.3) is 0 Å². The van der Waals surface area contributed by atoms with Crippen molar-refractivity contribution in [2.75, 3.05) is 0 Å². The molecule has 0 unspecified atom stereocenters. The third-order valence-electron chi connectivity index (χ3n) is 3.08. The fourth-order valence-corrected chi connectivity index (χ4v) is 3.13. The van der Waals surface area contributed by atoms with E-state index in [1.54, 1.807) is 41.7 Å². The van der Waals surface area contributed by atoms with E-state index in [1.165, 1.54) is 11.6 Å². The first-order valence-electron chi connectivity index (χ1n) is 7.01. The van der Waals surface area contributed by atoms with Crippen LogP contribution < -0.4 is 4.74 Å². The van der Waals surface area contributed by atoms with Crippen LogP contribution in [0.5, 0.6) is 5.75 Å². The standard InChI is InChI=1S/C19H13ClO2S/c20-15-7-4-8-16(13-15)22-19(21)12-10-17-9-11-18(23-17)14-5-2-1-3-6-14/h1-13H. The second-order valence-corrected chi connectivity index (χ2v) is 6.33. The van der Waals surface area contributed by atoms with Gasteiger partial charge in [0.05, 0.1) is 0 Å². The van der Waals surface area contributed by atoms with Crippen LogP contribution in [0.1, 0.15) is 4.88 Å². The Morgan fingerprint density at radius 1 is 1.00 bits per heavy atom. The number of carbonyl (C=O) groups excluding carboxylic acids is 1. The summed E-state index contributed by atoms with van der Waals surface area (Å²) in [7, 11) is 0. The number of ether oxygens (including phenoxy) is 1. The van der Waals surface area contributed by atoms with Crippen LogP contribution in [0.4, 0.5) is 0 Å². The molecule has 0 aliphatic heterocycles. The maximum Gasteiger partial charge on any atom is 0.336 e. The molecule has 3 aromatic rings. The van der Waals surface area contributed by atoms with Crippen molar-refractivity contribution in [2.24, 2.45) is 0 Å². The maximum atomic E-state index is 11.8. The summed E-state index contributed by atoms with van der Waals surface area (Å²) in [6.07, 6.45) is 3.17. The summed E-state index contributed by atoms with van der Waals surface area (Å²) in [5.41, 5.74) is 1.17. The van der Waals surface area contributed by atoms with E-state index >= 15 is 0 Å². The summed E-state index contributed by atoms with van der Waals surface area (Å²) in [6, 6.07) is 20.9. The summed E-state index contributed by atoms with van der Waals surface area (Å²) < 4.78 is 5.20. The number of thiophene rings is 1. The molecule has 2 nitrogen and oxygen atoms in total. The minimum Gasteiger partial charge on any atom is -0.423 e. The molecular weight excluding hydrogens is 328 g/mol. The molecule has 2 aromatic carbocycles. The van der Waals surface area contributed by atoms with Gasteiger partial charge < -0.3 is 4.74 Å². The quantitative estimate of drug-likeness (QED) is 0.346. The number of hydrogen-bond acceptors (Lipinski definition) is 3. The van der Waals surface area contributed by atoms with E-state index in [0.29, 0.717) is 10.8 Å². The van der Waals surface area contributed by atoms with E-state index in [4.69, 9.17) is 16.3 Å². The van der Waals surface area contributed by atoms with Crippen LogP contribution in [0.15, 0.2) is 72.8 Å². The molecule has 0 aliphatic carbocycles. The van der Waals surface area contributed by atoms with Crippen molar-refractivity contribution in [1.82, 2.24) is 0 Å². The zero-order valence-corrected chi connectivity index (χ0v) is 13.7. The molecule has 0 bridgehead atoms. The Hall–Kier alpha value is -2.36. The lowest BCUT2D eigenvalue weighted by atomic mass is 10.2. The molecule has 0 fully saturated rings. The van der Waals surface area contributed by atoms with Gasteiger partial charge in [-0.05, 0) is 42.0 Å². The fourth-order valence-electron chi connectivity index (χ4n) is 2.03. The van der Waals surface area contributed by atoms with E-state index in [-0.39, 0.29) is 0 Å². The SMILES string of the molecule is O=C(C=Cc1ccc(-c2ccccc2)s1)Oc1cccc(Cl)c1. The molecular formula is C19H13ClO2S. The van der Waals surface area contributed by atoms with E-state index in [1.807, 2.05) is 30.3 Å². The molecule has 0 spiro atoms. The van der Waals surface area contributed by atoms with Crippen molar-refractivity contribution in [3.8, 4) is 16.2 Å². The zero-order chi connectivity index (χ0) is 16.1. The Balaban J connectivity index is 1.66. The molecule has 0 aliphatic rings. The van der Waals surface area contributed by atoms with Gasteiger partial charge in [0, 0.05) is 20.9 Å². The lowest BCUT2D eigenvalue weighted by Gasteiger charge is -2.00. The van der Waals surface area contributed by atoms with Gasteiger partial charge in [-0.15, -0.1) is 11.3 Å². The Bertz CT molecular complexity index is 837. The van der Waals surface area contributed by atoms with Crippen LogP contribution in [0, 0.1) is 0 Å². The number of benzene rings is 2. The first kappa shape index (κ1) is 15.5. The van der Waals surface area contributed by atoms with E-state index in [0.717, 1.165) is 9.75 Å². The average Bonchev–Trinajstić information content (AvgIpc) is 3.03. The van der Waals surface area contributed by atoms with Crippen LogP contribution >= 0.6 is 22.9 Å². The van der Waals surface area contributed by atoms with Crippen LogP contribution in [0.25, 0.3) is 16.5 Å². The third kappa shape index (κ3) is 4.31. The normalized spacial score (nSPS) is 10.8. The smallest absolute Gasteiger partial charge is 0.336 e. The summed E-state index contributed by atoms with van der Waals surface area (Å²) in [5.74, 6) is 0.00484. The molecule has 0 amide bonds. The minimum atomic E-state index is -0.429. The molecule has 3 rings (SSSR count). The largest absolute Gasteiger partial charge is 0.423 e. The number of carbonyl (C=O) groups is 1. The van der Waals surface area contributed by atoms with Crippen molar-refractivity contribution in [3.05, 3.63) is 82.7 Å². The first-order valence-corrected chi connectivity index (χ1v) is 8.21. The number of esters is 1. The van der Waals surface area contributed by atoms with Crippen molar-refractivity contribution in [3.63, 3.8) is 0 Å². The van der Waals surface area contributed by atoms with Crippen molar-refractivity contribution in [1.29, 1.82) is 0 Å². The highest BCUT2D eigenvalue weighted by atomic mass is 35.5. The van der Waals surface area contributed by atoms with Crippen molar-refractivity contribution >= 4 is 35.0 Å². The molecule has 0 saturated carbocycles. The summed E-state index contributed by atoms with van der Waals surface area (Å²) >= 11 is 7.48. The monoisotopic (exact) mass is 340 g/mol. The molecule has 23 heavy (non-hydrogen) atoms. The Kier molecular flexibility index (Phi) is 4.91. The van der Waals surface area contributed by atoms with E-state index in [2.05, 4.69) is 12.1 Å². The molecule has 1 heterocycles. The predicted octanol–water partition coefficient (Wildman–Crippen LogP) is 5.69. The summed E-state index contributed by atoms with van der Waals surface area (Å²) in [4.78, 5) is 14.0. The molecule has 0 radical (unpaired) electrons. The summed E-state index contributed by atoms with van der Waals surface area (Å²) in [6.45, 7) is 0. The lowest BCUT2D eigenvalue weighted by molar-refractivity contribution is -0.128. The van der Waals surface area contributed by atoms with Gasteiger partial charge in [0.2, 0.25) is 0 Å². The Morgan fingerprint density at radius 3 is 2.61 bits per heavy atom. The van der Waals surface area contributed by atoms with Gasteiger partial charge in [-0.3, -0.25) is 0 Å². The highest BCUT2D eigenvalue weighted by Gasteiger charge is 2.03. The highest BCUT2D eigenvalue weighted by molar-refractivity contribution is 7.16. The van der Waals surface area contributed by atoms with Crippen LogP contribution in [-0.4, -0.2) is 5.97 Å². The van der Waals surface area contributed by atoms with Gasteiger partial charge in [-0.25, -0.2) is 4.79 Å². The average molecular weight is 341 g/mol. The molecule has 0 N–H and O–H groups in total. The number of rotatable bonds is 4. The van der Waals surface area contributed by atoms with Gasteiger partial charge in [-0.1, -0.05) is 48.0 Å². The minimum absolute atomic E-state index is 0.429. The third-order valence-corrected chi connectivity index (χ3v) is 4.42.